The van der Waals surface area contributed by atoms with Crippen molar-refractivity contribution in [1.29, 1.82) is 0 Å². The molecule has 1 N–H and O–H groups in total. The van der Waals surface area contributed by atoms with Gasteiger partial charge in [0.2, 0.25) is 0 Å². The Kier molecular flexibility index (Phi) is 4.70. The van der Waals surface area contributed by atoms with E-state index in [2.05, 4.69) is 11.8 Å². The van der Waals surface area contributed by atoms with Crippen molar-refractivity contribution in [2.75, 3.05) is 11.4 Å². The molecule has 4 heteroatoms. The molecule has 19 heavy (non-hydrogen) atoms. The summed E-state index contributed by atoms with van der Waals surface area (Å²) in [6.07, 6.45) is 5.63. The fourth-order valence-electron chi connectivity index (χ4n) is 2.91. The Bertz CT molecular complexity index is 459. The lowest BCUT2D eigenvalue weighted by atomic mass is 9.96. The first-order chi connectivity index (χ1) is 9.15. The molecule has 0 bridgehead atoms. The van der Waals surface area contributed by atoms with E-state index in [-0.39, 0.29) is 0 Å². The Morgan fingerprint density at radius 2 is 2.26 bits per heavy atom. The second-order valence-corrected chi connectivity index (χ2v) is 5.48. The van der Waals surface area contributed by atoms with E-state index >= 15 is 0 Å². The van der Waals surface area contributed by atoms with E-state index in [0.717, 1.165) is 32.2 Å². The Balaban J connectivity index is 2.40. The predicted octanol–water partition coefficient (Wildman–Crippen LogP) is 4.20. The molecule has 0 saturated carbocycles. The maximum Gasteiger partial charge on any atom is 0.337 e. The molecule has 0 aliphatic carbocycles. The standard InChI is InChI=1S/C15H20ClNO2/c1-2-6-11-7-3-4-10-17(11)14-12(15(18)19)8-5-9-13(14)16/h5,8-9,11H,2-4,6-7,10H2,1H3,(H,18,19). The molecule has 0 aromatic heterocycles. The van der Waals surface area contributed by atoms with E-state index in [1.165, 1.54) is 6.42 Å². The van der Waals surface area contributed by atoms with Crippen LogP contribution in [0.5, 0.6) is 0 Å². The summed E-state index contributed by atoms with van der Waals surface area (Å²) in [6, 6.07) is 5.53. The van der Waals surface area contributed by atoms with Gasteiger partial charge in [0, 0.05) is 12.6 Å². The van der Waals surface area contributed by atoms with Gasteiger partial charge < -0.3 is 10.0 Å². The van der Waals surface area contributed by atoms with E-state index in [1.807, 2.05) is 0 Å². The van der Waals surface area contributed by atoms with Gasteiger partial charge in [0.05, 0.1) is 16.3 Å². The van der Waals surface area contributed by atoms with E-state index in [4.69, 9.17) is 11.6 Å². The van der Waals surface area contributed by atoms with Crippen molar-refractivity contribution >= 4 is 23.3 Å². The number of benzene rings is 1. The van der Waals surface area contributed by atoms with Gasteiger partial charge in [-0.15, -0.1) is 0 Å². The van der Waals surface area contributed by atoms with Crippen LogP contribution >= 0.6 is 11.6 Å². The van der Waals surface area contributed by atoms with Crippen LogP contribution in [-0.2, 0) is 0 Å². The summed E-state index contributed by atoms with van der Waals surface area (Å²) in [6.45, 7) is 3.06. The largest absolute Gasteiger partial charge is 0.478 e. The van der Waals surface area contributed by atoms with Crippen LogP contribution in [0.3, 0.4) is 0 Å². The van der Waals surface area contributed by atoms with E-state index in [1.54, 1.807) is 18.2 Å². The van der Waals surface area contributed by atoms with Gasteiger partial charge in [-0.3, -0.25) is 0 Å². The summed E-state index contributed by atoms with van der Waals surface area (Å²) in [5, 5.41) is 9.90. The van der Waals surface area contributed by atoms with E-state index < -0.39 is 5.97 Å². The molecule has 1 heterocycles. The van der Waals surface area contributed by atoms with Crippen molar-refractivity contribution in [2.24, 2.45) is 0 Å². The summed E-state index contributed by atoms with van der Waals surface area (Å²) in [7, 11) is 0. The Hall–Kier alpha value is -1.22. The molecule has 1 saturated heterocycles. The molecule has 1 atom stereocenters. The monoisotopic (exact) mass is 281 g/mol. The highest BCUT2D eigenvalue weighted by Gasteiger charge is 2.27. The number of aromatic carboxylic acids is 1. The fraction of sp³-hybridized carbons (Fsp3) is 0.533. The van der Waals surface area contributed by atoms with E-state index in [9.17, 15) is 9.90 Å². The Labute approximate surface area is 119 Å². The highest BCUT2D eigenvalue weighted by molar-refractivity contribution is 6.34. The first kappa shape index (κ1) is 14.2. The summed E-state index contributed by atoms with van der Waals surface area (Å²) in [5.74, 6) is -0.904. The third-order valence-electron chi connectivity index (χ3n) is 3.75. The molecule has 1 aliphatic rings. The van der Waals surface area contributed by atoms with Crippen LogP contribution in [0.25, 0.3) is 0 Å². The number of nitrogens with zero attached hydrogens (tertiary/aromatic N) is 1. The molecular formula is C15H20ClNO2. The smallest absolute Gasteiger partial charge is 0.337 e. The highest BCUT2D eigenvalue weighted by Crippen LogP contribution is 2.35. The van der Waals surface area contributed by atoms with Crippen LogP contribution in [0.1, 0.15) is 49.4 Å². The fourth-order valence-corrected chi connectivity index (χ4v) is 3.19. The molecule has 0 radical (unpaired) electrons. The van der Waals surface area contributed by atoms with E-state index in [0.29, 0.717) is 22.3 Å². The number of piperidine rings is 1. The lowest BCUT2D eigenvalue weighted by Gasteiger charge is -2.38. The van der Waals surface area contributed by atoms with Crippen LogP contribution in [-0.4, -0.2) is 23.7 Å². The number of carboxylic acids is 1. The molecule has 2 rings (SSSR count). The SMILES string of the molecule is CCCC1CCCCN1c1c(Cl)cccc1C(=O)O. The zero-order valence-corrected chi connectivity index (χ0v) is 12.0. The van der Waals surface area contributed by atoms with Crippen LogP contribution in [0.2, 0.25) is 5.02 Å². The van der Waals surface area contributed by atoms with Crippen molar-refractivity contribution in [3.05, 3.63) is 28.8 Å². The first-order valence-electron chi connectivity index (χ1n) is 6.93. The summed E-state index contributed by atoms with van der Waals surface area (Å²) in [5.41, 5.74) is 1.02. The van der Waals surface area contributed by atoms with Gasteiger partial charge in [-0.25, -0.2) is 4.79 Å². The third-order valence-corrected chi connectivity index (χ3v) is 4.06. The summed E-state index contributed by atoms with van der Waals surface area (Å²) in [4.78, 5) is 13.6. The lowest BCUT2D eigenvalue weighted by molar-refractivity contribution is 0.0697. The van der Waals surface area contributed by atoms with Crippen molar-refractivity contribution in [3.8, 4) is 0 Å². The summed E-state index contributed by atoms with van der Waals surface area (Å²) < 4.78 is 0. The van der Waals surface area contributed by atoms with Gasteiger partial charge in [-0.05, 0) is 37.8 Å². The third kappa shape index (κ3) is 3.03. The van der Waals surface area contributed by atoms with Crippen LogP contribution in [0.15, 0.2) is 18.2 Å². The van der Waals surface area contributed by atoms with Crippen molar-refractivity contribution in [3.63, 3.8) is 0 Å². The van der Waals surface area contributed by atoms with Crippen LogP contribution in [0, 0.1) is 0 Å². The van der Waals surface area contributed by atoms with Gasteiger partial charge in [0.15, 0.2) is 0 Å². The minimum atomic E-state index is -0.904. The highest BCUT2D eigenvalue weighted by atomic mass is 35.5. The quantitative estimate of drug-likeness (QED) is 0.899. The van der Waals surface area contributed by atoms with Gasteiger partial charge >= 0.3 is 5.97 Å². The number of carbonyl (C=O) groups is 1. The minimum absolute atomic E-state index is 0.315. The molecule has 1 aliphatic heterocycles. The van der Waals surface area contributed by atoms with Crippen molar-refractivity contribution in [2.45, 2.75) is 45.1 Å². The zero-order valence-electron chi connectivity index (χ0n) is 11.2. The molecule has 0 amide bonds. The topological polar surface area (TPSA) is 40.5 Å². The molecule has 3 nitrogen and oxygen atoms in total. The second-order valence-electron chi connectivity index (χ2n) is 5.07. The minimum Gasteiger partial charge on any atom is -0.478 e. The maximum atomic E-state index is 11.4. The molecule has 1 aromatic carbocycles. The zero-order chi connectivity index (χ0) is 13.8. The van der Waals surface area contributed by atoms with Crippen molar-refractivity contribution in [1.82, 2.24) is 0 Å². The van der Waals surface area contributed by atoms with Crippen molar-refractivity contribution < 1.29 is 9.90 Å². The number of hydrogen-bond donors (Lipinski definition) is 1. The van der Waals surface area contributed by atoms with Crippen LogP contribution < -0.4 is 4.90 Å². The Morgan fingerprint density at radius 1 is 1.47 bits per heavy atom. The molecule has 1 fully saturated rings. The number of halogens is 1. The molecule has 1 aromatic rings. The number of anilines is 1. The predicted molar refractivity (Wildman–Crippen MR) is 78.3 cm³/mol. The first-order valence-corrected chi connectivity index (χ1v) is 7.31. The van der Waals surface area contributed by atoms with Gasteiger partial charge in [0.1, 0.15) is 0 Å². The number of rotatable bonds is 4. The number of para-hydroxylation sites is 1. The molecule has 104 valence electrons. The van der Waals surface area contributed by atoms with Gasteiger partial charge in [0.25, 0.3) is 0 Å². The average molecular weight is 282 g/mol. The van der Waals surface area contributed by atoms with Gasteiger partial charge in [-0.1, -0.05) is 31.0 Å². The number of carboxylic acid groups (broad SMARTS) is 1. The second kappa shape index (κ2) is 6.29. The normalized spacial score (nSPS) is 19.5. The summed E-state index contributed by atoms with van der Waals surface area (Å²) >= 11 is 6.27. The molecule has 1 unspecified atom stereocenters. The average Bonchev–Trinajstić information content (AvgIpc) is 2.40. The molecule has 0 spiro atoms. The lowest BCUT2D eigenvalue weighted by Crippen LogP contribution is -2.40. The Morgan fingerprint density at radius 3 is 2.95 bits per heavy atom. The number of hydrogen-bond acceptors (Lipinski definition) is 2. The van der Waals surface area contributed by atoms with Crippen LogP contribution in [0.4, 0.5) is 5.69 Å². The molecular weight excluding hydrogens is 262 g/mol. The maximum absolute atomic E-state index is 11.4. The van der Waals surface area contributed by atoms with Gasteiger partial charge in [-0.2, -0.15) is 0 Å².